The maximum atomic E-state index is 12.1. The highest BCUT2D eigenvalue weighted by Crippen LogP contribution is 2.23. The molecule has 0 aliphatic carbocycles. The molecular formula is C12H20ClNO2. The third-order valence-electron chi connectivity index (χ3n) is 3.43. The molecule has 1 heterocycles. The molecule has 0 bridgehead atoms. The number of ketones is 1. The molecule has 4 heteroatoms. The molecule has 0 radical (unpaired) electrons. The molecule has 1 aliphatic rings. The van der Waals surface area contributed by atoms with Crippen LogP contribution in [0.1, 0.15) is 33.6 Å². The van der Waals surface area contributed by atoms with Crippen LogP contribution in [0.2, 0.25) is 0 Å². The summed E-state index contributed by atoms with van der Waals surface area (Å²) in [5.41, 5.74) is 0. The summed E-state index contributed by atoms with van der Waals surface area (Å²) in [6, 6.07) is -0.272. The zero-order valence-electron chi connectivity index (χ0n) is 10.2. The summed E-state index contributed by atoms with van der Waals surface area (Å²) in [6.45, 7) is 6.67. The van der Waals surface area contributed by atoms with Crippen LogP contribution in [-0.4, -0.2) is 35.1 Å². The molecule has 1 aliphatic heterocycles. The number of carbonyl (C=O) groups is 2. The van der Waals surface area contributed by atoms with Gasteiger partial charge in [-0.3, -0.25) is 9.59 Å². The Hall–Kier alpha value is -0.570. The fourth-order valence-corrected chi connectivity index (χ4v) is 2.18. The van der Waals surface area contributed by atoms with Crippen LogP contribution in [0.15, 0.2) is 0 Å². The van der Waals surface area contributed by atoms with Gasteiger partial charge in [0.1, 0.15) is 0 Å². The Labute approximate surface area is 102 Å². The van der Waals surface area contributed by atoms with Crippen molar-refractivity contribution in [3.63, 3.8) is 0 Å². The van der Waals surface area contributed by atoms with E-state index in [-0.39, 0.29) is 29.5 Å². The van der Waals surface area contributed by atoms with E-state index in [1.54, 1.807) is 4.90 Å². The lowest BCUT2D eigenvalue weighted by molar-refractivity contribution is -0.140. The smallest absolute Gasteiger partial charge is 0.226 e. The molecule has 16 heavy (non-hydrogen) atoms. The van der Waals surface area contributed by atoms with Crippen LogP contribution < -0.4 is 0 Å². The highest BCUT2D eigenvalue weighted by molar-refractivity contribution is 6.28. The molecule has 0 aromatic heterocycles. The summed E-state index contributed by atoms with van der Waals surface area (Å²) >= 11 is 5.56. The number of nitrogens with zero attached hydrogens (tertiary/aromatic N) is 1. The van der Waals surface area contributed by atoms with Gasteiger partial charge in [-0.2, -0.15) is 0 Å². The number of likely N-dealkylation sites (tertiary alicyclic amines) is 1. The van der Waals surface area contributed by atoms with E-state index in [0.29, 0.717) is 12.5 Å². The maximum Gasteiger partial charge on any atom is 0.226 e. The molecule has 0 saturated carbocycles. The molecule has 0 N–H and O–H groups in total. The van der Waals surface area contributed by atoms with Gasteiger partial charge in [0.05, 0.1) is 11.9 Å². The molecule has 0 spiro atoms. The van der Waals surface area contributed by atoms with E-state index in [2.05, 4.69) is 0 Å². The number of hydrogen-bond acceptors (Lipinski definition) is 2. The first-order chi connectivity index (χ1) is 7.49. The number of Topliss-reactive ketones (excluding diaryl/α,β-unsaturated/α-hetero) is 1. The number of carbonyl (C=O) groups excluding carboxylic acids is 2. The summed E-state index contributed by atoms with van der Waals surface area (Å²) < 4.78 is 0. The first kappa shape index (κ1) is 13.5. The third-order valence-corrected chi connectivity index (χ3v) is 3.69. The first-order valence-electron chi connectivity index (χ1n) is 5.88. The number of amides is 1. The number of hydrogen-bond donors (Lipinski definition) is 0. The van der Waals surface area contributed by atoms with Crippen molar-refractivity contribution in [3.8, 4) is 0 Å². The van der Waals surface area contributed by atoms with Crippen LogP contribution in [0.5, 0.6) is 0 Å². The molecule has 1 amide bonds. The third kappa shape index (κ3) is 2.76. The van der Waals surface area contributed by atoms with Gasteiger partial charge in [0, 0.05) is 12.5 Å². The summed E-state index contributed by atoms with van der Waals surface area (Å²) in [4.78, 5) is 25.5. The molecule has 0 aromatic rings. The van der Waals surface area contributed by atoms with Gasteiger partial charge in [0.25, 0.3) is 0 Å². The lowest BCUT2D eigenvalue weighted by Gasteiger charge is -2.27. The molecule has 1 rings (SSSR count). The fraction of sp³-hybridized carbons (Fsp3) is 0.833. The lowest BCUT2D eigenvalue weighted by atomic mass is 9.96. The van der Waals surface area contributed by atoms with Crippen molar-refractivity contribution in [1.82, 2.24) is 4.90 Å². The minimum atomic E-state index is -0.272. The average Bonchev–Trinajstić information content (AvgIpc) is 2.74. The Morgan fingerprint density at radius 3 is 2.50 bits per heavy atom. The maximum absolute atomic E-state index is 12.1. The van der Waals surface area contributed by atoms with E-state index in [0.717, 1.165) is 12.8 Å². The van der Waals surface area contributed by atoms with Gasteiger partial charge in [-0.1, -0.05) is 20.8 Å². The molecule has 3 nitrogen and oxygen atoms in total. The van der Waals surface area contributed by atoms with Crippen LogP contribution in [0.3, 0.4) is 0 Å². The van der Waals surface area contributed by atoms with E-state index >= 15 is 0 Å². The lowest BCUT2D eigenvalue weighted by Crippen LogP contribution is -2.44. The molecule has 1 fully saturated rings. The van der Waals surface area contributed by atoms with Crippen molar-refractivity contribution in [1.29, 1.82) is 0 Å². The second kappa shape index (κ2) is 5.67. The minimum Gasteiger partial charge on any atom is -0.332 e. The van der Waals surface area contributed by atoms with Crippen LogP contribution in [0.25, 0.3) is 0 Å². The monoisotopic (exact) mass is 245 g/mol. The summed E-state index contributed by atoms with van der Waals surface area (Å²) in [7, 11) is 0. The second-order valence-corrected chi connectivity index (χ2v) is 5.09. The Bertz CT molecular complexity index is 278. The Morgan fingerprint density at radius 2 is 2.00 bits per heavy atom. The van der Waals surface area contributed by atoms with Gasteiger partial charge in [-0.15, -0.1) is 11.6 Å². The van der Waals surface area contributed by atoms with Crippen LogP contribution >= 0.6 is 11.6 Å². The van der Waals surface area contributed by atoms with Crippen LogP contribution in [-0.2, 0) is 9.59 Å². The van der Waals surface area contributed by atoms with Crippen molar-refractivity contribution in [2.24, 2.45) is 11.8 Å². The van der Waals surface area contributed by atoms with E-state index in [4.69, 9.17) is 11.6 Å². The minimum absolute atomic E-state index is 0.00447. The van der Waals surface area contributed by atoms with Gasteiger partial charge in [-0.25, -0.2) is 0 Å². The van der Waals surface area contributed by atoms with Crippen LogP contribution in [0.4, 0.5) is 0 Å². The Kier molecular flexibility index (Phi) is 4.78. The summed E-state index contributed by atoms with van der Waals surface area (Å²) in [5.74, 6) is 0.354. The number of alkyl halides is 1. The Morgan fingerprint density at radius 1 is 1.38 bits per heavy atom. The van der Waals surface area contributed by atoms with Crippen LogP contribution in [0, 0.1) is 11.8 Å². The first-order valence-corrected chi connectivity index (χ1v) is 6.41. The Balaban J connectivity index is 2.71. The molecular weight excluding hydrogens is 226 g/mol. The van der Waals surface area contributed by atoms with Gasteiger partial charge in [0.2, 0.25) is 5.91 Å². The van der Waals surface area contributed by atoms with Gasteiger partial charge in [-0.05, 0) is 18.8 Å². The second-order valence-electron chi connectivity index (χ2n) is 4.82. The van der Waals surface area contributed by atoms with E-state index in [1.165, 1.54) is 0 Å². The SMILES string of the molecule is CC(C)C(C)C(=O)N1CCCC1C(=O)CCl. The molecule has 2 atom stereocenters. The van der Waals surface area contributed by atoms with Crippen molar-refractivity contribution in [3.05, 3.63) is 0 Å². The largest absolute Gasteiger partial charge is 0.332 e. The molecule has 0 aromatic carbocycles. The number of rotatable bonds is 4. The zero-order valence-corrected chi connectivity index (χ0v) is 11.0. The van der Waals surface area contributed by atoms with Crippen molar-refractivity contribution >= 4 is 23.3 Å². The standard InChI is InChI=1S/C12H20ClNO2/c1-8(2)9(3)12(16)14-6-4-5-10(14)11(15)7-13/h8-10H,4-7H2,1-3H3. The van der Waals surface area contributed by atoms with Crippen molar-refractivity contribution in [2.45, 2.75) is 39.7 Å². The van der Waals surface area contributed by atoms with E-state index < -0.39 is 0 Å². The normalized spacial score (nSPS) is 22.6. The van der Waals surface area contributed by atoms with E-state index in [9.17, 15) is 9.59 Å². The molecule has 2 unspecified atom stereocenters. The van der Waals surface area contributed by atoms with Gasteiger partial charge >= 0.3 is 0 Å². The average molecular weight is 246 g/mol. The number of halogens is 1. The highest BCUT2D eigenvalue weighted by atomic mass is 35.5. The topological polar surface area (TPSA) is 37.4 Å². The zero-order chi connectivity index (χ0) is 12.3. The highest BCUT2D eigenvalue weighted by Gasteiger charge is 2.35. The fourth-order valence-electron chi connectivity index (χ4n) is 2.00. The predicted molar refractivity (Wildman–Crippen MR) is 64.5 cm³/mol. The van der Waals surface area contributed by atoms with Crippen molar-refractivity contribution in [2.75, 3.05) is 12.4 Å². The summed E-state index contributed by atoms with van der Waals surface area (Å²) in [6.07, 6.45) is 1.67. The van der Waals surface area contributed by atoms with E-state index in [1.807, 2.05) is 20.8 Å². The van der Waals surface area contributed by atoms with Gasteiger partial charge in [0.15, 0.2) is 5.78 Å². The predicted octanol–water partition coefficient (Wildman–Crippen LogP) is 2.08. The molecule has 1 saturated heterocycles. The van der Waals surface area contributed by atoms with Crippen molar-refractivity contribution < 1.29 is 9.59 Å². The molecule has 92 valence electrons. The van der Waals surface area contributed by atoms with Gasteiger partial charge < -0.3 is 4.90 Å². The summed E-state index contributed by atoms with van der Waals surface area (Å²) in [5, 5.41) is 0. The quantitative estimate of drug-likeness (QED) is 0.712.